The number of rotatable bonds is 19. The first-order valence-electron chi connectivity index (χ1n) is 19.2. The first-order valence-corrected chi connectivity index (χ1v) is 20.0. The Morgan fingerprint density at radius 1 is 1.00 bits per heavy atom. The van der Waals surface area contributed by atoms with Gasteiger partial charge in [-0.2, -0.15) is 0 Å². The van der Waals surface area contributed by atoms with E-state index < -0.39 is 11.7 Å². The van der Waals surface area contributed by atoms with E-state index in [1.807, 2.05) is 64.1 Å². The van der Waals surface area contributed by atoms with Crippen molar-refractivity contribution in [2.75, 3.05) is 78.9 Å². The number of ether oxygens (including phenoxy) is 7. The normalized spacial score (nSPS) is 14.5. The van der Waals surface area contributed by atoms with Crippen LogP contribution in [-0.2, 0) is 30.3 Å². The van der Waals surface area contributed by atoms with E-state index >= 15 is 0 Å². The van der Waals surface area contributed by atoms with Crippen LogP contribution in [0.4, 0.5) is 10.5 Å². The zero-order chi connectivity index (χ0) is 42.0. The summed E-state index contributed by atoms with van der Waals surface area (Å²) in [6.45, 7) is 15.4. The maximum absolute atomic E-state index is 12.9. The Bertz CT molecular complexity index is 1700. The number of esters is 1. The number of alkyl carbamates (subject to hydrolysis) is 1. The van der Waals surface area contributed by atoms with Crippen molar-refractivity contribution >= 4 is 29.7 Å². The van der Waals surface area contributed by atoms with E-state index in [9.17, 15) is 9.59 Å². The van der Waals surface area contributed by atoms with E-state index in [2.05, 4.69) is 47.4 Å². The highest BCUT2D eigenvalue weighted by Gasteiger charge is 2.25. The van der Waals surface area contributed by atoms with Crippen LogP contribution in [0.15, 0.2) is 59.5 Å². The van der Waals surface area contributed by atoms with Gasteiger partial charge in [0.25, 0.3) is 0 Å². The monoisotopic (exact) mass is 813 g/mol. The van der Waals surface area contributed by atoms with Crippen LogP contribution in [0, 0.1) is 6.92 Å². The third kappa shape index (κ3) is 15.9. The van der Waals surface area contributed by atoms with Crippen molar-refractivity contribution in [1.29, 1.82) is 0 Å². The predicted octanol–water partition coefficient (Wildman–Crippen LogP) is 6.20. The number of benzene rings is 3. The molecule has 1 amide bonds. The molecular formula is C42H63N5O9S. The van der Waals surface area contributed by atoms with Crippen molar-refractivity contribution in [3.8, 4) is 17.2 Å². The Labute approximate surface area is 342 Å². The van der Waals surface area contributed by atoms with Gasteiger partial charge in [-0.1, -0.05) is 24.3 Å². The Balaban J connectivity index is 0.00000428. The van der Waals surface area contributed by atoms with E-state index in [-0.39, 0.29) is 24.4 Å². The van der Waals surface area contributed by atoms with Crippen LogP contribution in [0.1, 0.15) is 69.2 Å². The summed E-state index contributed by atoms with van der Waals surface area (Å²) >= 11 is 1.65. The molecule has 2 unspecified atom stereocenters. The number of nitrogens with zero attached hydrogens (tertiary/aromatic N) is 2. The minimum Gasteiger partial charge on any atom is -0.495 e. The average molecular weight is 814 g/mol. The van der Waals surface area contributed by atoms with Gasteiger partial charge >= 0.3 is 12.1 Å². The SMILES string of the molecule is CCOC(=O)CC(c1ccc(C)c(CN2CC(C)Oc3cc(OCCOCCOCCNC(=O)OC(C)(C)C)ccc3S2)c1)c1ccc(N(C)N)c(OC)c1.CN. The molecule has 0 bridgehead atoms. The lowest BCUT2D eigenvalue weighted by Gasteiger charge is -2.24. The van der Waals surface area contributed by atoms with E-state index in [0.29, 0.717) is 70.8 Å². The van der Waals surface area contributed by atoms with Crippen LogP contribution in [0.25, 0.3) is 0 Å². The highest BCUT2D eigenvalue weighted by atomic mass is 32.2. The molecule has 3 aromatic rings. The summed E-state index contributed by atoms with van der Waals surface area (Å²) < 4.78 is 42.0. The van der Waals surface area contributed by atoms with Crippen molar-refractivity contribution in [2.45, 2.75) is 77.0 Å². The van der Waals surface area contributed by atoms with E-state index in [1.165, 1.54) is 12.1 Å². The third-order valence-electron chi connectivity index (χ3n) is 8.50. The molecule has 3 aromatic carbocycles. The minimum absolute atomic E-state index is 0.0709. The number of aryl methyl sites for hydroxylation is 1. The van der Waals surface area contributed by atoms with Gasteiger partial charge in [0.15, 0.2) is 0 Å². The lowest BCUT2D eigenvalue weighted by Crippen LogP contribution is -2.34. The lowest BCUT2D eigenvalue weighted by atomic mass is 9.86. The zero-order valence-corrected chi connectivity index (χ0v) is 35.9. The maximum Gasteiger partial charge on any atom is 0.407 e. The molecule has 5 N–H and O–H groups in total. The van der Waals surface area contributed by atoms with Crippen molar-refractivity contribution in [3.05, 3.63) is 76.9 Å². The van der Waals surface area contributed by atoms with Gasteiger partial charge in [-0.25, -0.2) is 14.9 Å². The van der Waals surface area contributed by atoms with Gasteiger partial charge in [-0.05, 0) is 107 Å². The summed E-state index contributed by atoms with van der Waals surface area (Å²) in [5, 5.41) is 4.17. The standard InChI is InChI=1S/C41H58N4O9S.CH5N/c1-9-51-39(46)25-34(31-12-14-35(44(7)42)36(23-31)48-8)30-11-10-28(2)32(22-30)27-45-26-29(3)53-37-24-33(13-15-38(37)55-45)52-21-20-50-19-18-49-17-16-43-40(47)54-41(4,5)6;1-2/h10-15,22-24,29,34H,9,16-21,25-27,42H2,1-8H3,(H,43,47);2H2,1H3. The zero-order valence-electron chi connectivity index (χ0n) is 35.1. The Kier molecular flexibility index (Phi) is 19.7. The second kappa shape index (κ2) is 23.9. The van der Waals surface area contributed by atoms with Crippen LogP contribution in [0.5, 0.6) is 17.2 Å². The molecule has 15 heteroatoms. The number of amides is 1. The van der Waals surface area contributed by atoms with Gasteiger partial charge < -0.3 is 49.2 Å². The van der Waals surface area contributed by atoms with Crippen LogP contribution < -0.4 is 36.1 Å². The van der Waals surface area contributed by atoms with Crippen LogP contribution in [0.2, 0.25) is 0 Å². The van der Waals surface area contributed by atoms with Gasteiger partial charge in [0.1, 0.15) is 35.6 Å². The summed E-state index contributed by atoms with van der Waals surface area (Å²) in [6, 6.07) is 18.1. The van der Waals surface area contributed by atoms with Gasteiger partial charge in [0.05, 0.1) is 57.1 Å². The largest absolute Gasteiger partial charge is 0.495 e. The molecule has 0 aliphatic carbocycles. The van der Waals surface area contributed by atoms with Gasteiger partial charge in [0.2, 0.25) is 0 Å². The average Bonchev–Trinajstić information content (AvgIpc) is 3.32. The van der Waals surface area contributed by atoms with Gasteiger partial charge in [-0.3, -0.25) is 4.79 Å². The van der Waals surface area contributed by atoms with E-state index in [0.717, 1.165) is 38.6 Å². The molecule has 1 heterocycles. The molecule has 0 fully saturated rings. The Morgan fingerprint density at radius 3 is 2.37 bits per heavy atom. The summed E-state index contributed by atoms with van der Waals surface area (Å²) in [7, 11) is 4.87. The smallest absolute Gasteiger partial charge is 0.407 e. The summed E-state index contributed by atoms with van der Waals surface area (Å²) in [4.78, 5) is 25.5. The van der Waals surface area contributed by atoms with Crippen LogP contribution >= 0.6 is 11.9 Å². The first kappa shape index (κ1) is 47.1. The molecule has 0 radical (unpaired) electrons. The number of hydrogen-bond acceptors (Lipinski definition) is 14. The number of fused-ring (bicyclic) bond motifs is 1. The van der Waals surface area contributed by atoms with Crippen LogP contribution in [0.3, 0.4) is 0 Å². The van der Waals surface area contributed by atoms with Gasteiger partial charge in [-0.15, -0.1) is 0 Å². The number of carbonyl (C=O) groups excluding carboxylic acids is 2. The fraction of sp³-hybridized carbons (Fsp3) is 0.524. The third-order valence-corrected chi connectivity index (χ3v) is 9.57. The van der Waals surface area contributed by atoms with Gasteiger partial charge in [0, 0.05) is 38.7 Å². The summed E-state index contributed by atoms with van der Waals surface area (Å²) in [5.41, 5.74) is 8.97. The topological polar surface area (TPSA) is 169 Å². The highest BCUT2D eigenvalue weighted by molar-refractivity contribution is 7.97. The Hall–Kier alpha value is -4.25. The molecule has 1 aliphatic rings. The number of methoxy groups -OCH3 is 1. The molecule has 0 saturated carbocycles. The predicted molar refractivity (Wildman–Crippen MR) is 224 cm³/mol. The molecule has 0 aromatic heterocycles. The number of carbonyl (C=O) groups is 2. The number of nitrogens with two attached hydrogens (primary N) is 2. The number of nitrogens with one attached hydrogen (secondary N) is 1. The molecule has 4 rings (SSSR count). The first-order chi connectivity index (χ1) is 27.3. The summed E-state index contributed by atoms with van der Waals surface area (Å²) in [6.07, 6.45) is -0.344. The number of hydrogen-bond donors (Lipinski definition) is 3. The van der Waals surface area contributed by atoms with E-state index in [4.69, 9.17) is 39.0 Å². The number of anilines is 1. The molecule has 1 aliphatic heterocycles. The second-order valence-corrected chi connectivity index (χ2v) is 15.4. The highest BCUT2D eigenvalue weighted by Crippen LogP contribution is 2.40. The molecule has 0 saturated heterocycles. The fourth-order valence-corrected chi connectivity index (χ4v) is 7.02. The van der Waals surface area contributed by atoms with E-state index in [1.54, 1.807) is 26.1 Å². The van der Waals surface area contributed by atoms with Crippen molar-refractivity contribution in [3.63, 3.8) is 0 Å². The molecule has 2 atom stereocenters. The van der Waals surface area contributed by atoms with Crippen molar-refractivity contribution in [1.82, 2.24) is 9.62 Å². The molecule has 316 valence electrons. The quantitative estimate of drug-likeness (QED) is 0.0411. The molecule has 0 spiro atoms. The maximum atomic E-state index is 12.9. The van der Waals surface area contributed by atoms with Crippen molar-refractivity contribution < 1.29 is 42.7 Å². The minimum atomic E-state index is -0.534. The van der Waals surface area contributed by atoms with Crippen LogP contribution in [-0.4, -0.2) is 102 Å². The van der Waals surface area contributed by atoms with Crippen molar-refractivity contribution in [2.24, 2.45) is 11.6 Å². The summed E-state index contributed by atoms with van der Waals surface area (Å²) in [5.74, 6) is 7.62. The molecular weight excluding hydrogens is 751 g/mol. The fourth-order valence-electron chi connectivity index (χ4n) is 5.93. The molecule has 14 nitrogen and oxygen atoms in total. The molecule has 57 heavy (non-hydrogen) atoms. The lowest BCUT2D eigenvalue weighted by molar-refractivity contribution is -0.143. The number of hydrazine groups is 1. The second-order valence-electron chi connectivity index (χ2n) is 14.2. The Morgan fingerprint density at radius 2 is 1.68 bits per heavy atom.